The molecule has 9 heteroatoms. The lowest BCUT2D eigenvalue weighted by Crippen LogP contribution is -2.41. The third-order valence-corrected chi connectivity index (χ3v) is 3.08. The van der Waals surface area contributed by atoms with E-state index in [1.54, 1.807) is 0 Å². The number of carbonyl (C=O) groups is 1. The fourth-order valence-corrected chi connectivity index (χ4v) is 2.21. The second kappa shape index (κ2) is 7.40. The minimum atomic E-state index is -3.97. The summed E-state index contributed by atoms with van der Waals surface area (Å²) in [5, 5.41) is 9.50. The van der Waals surface area contributed by atoms with Crippen LogP contribution in [-0.2, 0) is 9.53 Å². The molecule has 114 valence electrons. The molecule has 0 spiro atoms. The van der Waals surface area contributed by atoms with Gasteiger partial charge < -0.3 is 15.6 Å². The number of nitrogens with two attached hydrogens (primary N) is 1. The lowest BCUT2D eigenvalue weighted by atomic mass is 10.0. The van der Waals surface area contributed by atoms with Crippen LogP contribution in [0.3, 0.4) is 0 Å². The first-order valence-corrected chi connectivity index (χ1v) is 6.37. The predicted molar refractivity (Wildman–Crippen MR) is 76.6 cm³/mol. The van der Waals surface area contributed by atoms with Crippen LogP contribution in [0.25, 0.3) is 0 Å². The molecule has 0 saturated heterocycles. The van der Waals surface area contributed by atoms with Crippen LogP contribution in [0, 0.1) is 0 Å². The summed E-state index contributed by atoms with van der Waals surface area (Å²) in [6.07, 6.45) is 0. The smallest absolute Gasteiger partial charge is 0.379 e. The largest absolute Gasteiger partial charge is 0.506 e. The molecule has 1 atom stereocenters. The summed E-state index contributed by atoms with van der Waals surface area (Å²) in [6.45, 7) is 1.19. The first kappa shape index (κ1) is 19.4. The molecule has 0 unspecified atom stereocenters. The molecule has 0 aromatic heterocycles. The number of esters is 1. The van der Waals surface area contributed by atoms with Crippen molar-refractivity contribution in [1.82, 2.24) is 0 Å². The Kier molecular flexibility index (Phi) is 7.17. The van der Waals surface area contributed by atoms with Gasteiger partial charge in [-0.15, -0.1) is 12.4 Å². The molecule has 0 radical (unpaired) electrons. The SMILES string of the molecule is CCOC(=O)C(F)(F)[C@H](N)c1cc(Br)cc(Cl)c1O.Cl. The van der Waals surface area contributed by atoms with Crippen LogP contribution in [0.5, 0.6) is 5.75 Å². The molecule has 0 heterocycles. The number of rotatable bonds is 4. The van der Waals surface area contributed by atoms with Crippen molar-refractivity contribution in [2.45, 2.75) is 18.9 Å². The van der Waals surface area contributed by atoms with Gasteiger partial charge in [0.25, 0.3) is 0 Å². The van der Waals surface area contributed by atoms with Crippen molar-refractivity contribution in [3.8, 4) is 5.75 Å². The summed E-state index contributed by atoms with van der Waals surface area (Å²) in [6, 6.07) is 0.413. The van der Waals surface area contributed by atoms with Crippen LogP contribution >= 0.6 is 39.9 Å². The van der Waals surface area contributed by atoms with Crippen LogP contribution in [0.15, 0.2) is 16.6 Å². The second-order valence-electron chi connectivity index (χ2n) is 3.65. The van der Waals surface area contributed by atoms with Gasteiger partial charge in [0.15, 0.2) is 0 Å². The number of ether oxygens (including phenoxy) is 1. The van der Waals surface area contributed by atoms with E-state index >= 15 is 0 Å². The van der Waals surface area contributed by atoms with E-state index in [0.29, 0.717) is 4.47 Å². The Morgan fingerprint density at radius 3 is 2.65 bits per heavy atom. The van der Waals surface area contributed by atoms with Crippen molar-refractivity contribution in [2.24, 2.45) is 5.73 Å². The fraction of sp³-hybridized carbons (Fsp3) is 0.364. The zero-order valence-corrected chi connectivity index (χ0v) is 13.4. The highest BCUT2D eigenvalue weighted by Gasteiger charge is 2.48. The molecule has 0 aliphatic heterocycles. The summed E-state index contributed by atoms with van der Waals surface area (Å²) in [4.78, 5) is 11.2. The fourth-order valence-electron chi connectivity index (χ4n) is 1.37. The van der Waals surface area contributed by atoms with Gasteiger partial charge in [0.2, 0.25) is 0 Å². The van der Waals surface area contributed by atoms with Gasteiger partial charge in [-0.3, -0.25) is 0 Å². The highest BCUT2D eigenvalue weighted by Crippen LogP contribution is 2.40. The number of hydrogen-bond acceptors (Lipinski definition) is 4. The van der Waals surface area contributed by atoms with Crippen molar-refractivity contribution < 1.29 is 23.4 Å². The molecule has 0 bridgehead atoms. The van der Waals surface area contributed by atoms with Gasteiger partial charge in [-0.25, -0.2) is 4.79 Å². The van der Waals surface area contributed by atoms with Crippen LogP contribution < -0.4 is 5.73 Å². The highest BCUT2D eigenvalue weighted by atomic mass is 79.9. The van der Waals surface area contributed by atoms with Gasteiger partial charge >= 0.3 is 11.9 Å². The Morgan fingerprint density at radius 1 is 1.60 bits per heavy atom. The normalized spacial score (nSPS) is 12.5. The van der Waals surface area contributed by atoms with E-state index in [2.05, 4.69) is 20.7 Å². The second-order valence-corrected chi connectivity index (χ2v) is 4.97. The summed E-state index contributed by atoms with van der Waals surface area (Å²) in [5.41, 5.74) is 5.00. The van der Waals surface area contributed by atoms with E-state index in [9.17, 15) is 18.7 Å². The maximum atomic E-state index is 13.8. The number of halogens is 5. The van der Waals surface area contributed by atoms with Gasteiger partial charge in [0, 0.05) is 10.0 Å². The first-order chi connectivity index (χ1) is 8.71. The molecule has 0 saturated carbocycles. The topological polar surface area (TPSA) is 72.5 Å². The summed E-state index contributed by atoms with van der Waals surface area (Å²) >= 11 is 8.70. The number of alkyl halides is 2. The summed E-state index contributed by atoms with van der Waals surface area (Å²) in [7, 11) is 0. The Balaban J connectivity index is 0.00000361. The molecule has 0 amide bonds. The van der Waals surface area contributed by atoms with Crippen LogP contribution in [-0.4, -0.2) is 23.6 Å². The van der Waals surface area contributed by atoms with Crippen LogP contribution in [0.4, 0.5) is 8.78 Å². The molecular weight excluding hydrogens is 383 g/mol. The molecule has 0 aliphatic rings. The maximum absolute atomic E-state index is 13.8. The highest BCUT2D eigenvalue weighted by molar-refractivity contribution is 9.10. The molecular formula is C11H12BrCl2F2NO3. The van der Waals surface area contributed by atoms with Crippen molar-refractivity contribution in [3.63, 3.8) is 0 Å². The van der Waals surface area contributed by atoms with Crippen molar-refractivity contribution in [3.05, 3.63) is 27.2 Å². The van der Waals surface area contributed by atoms with Crippen molar-refractivity contribution >= 4 is 45.9 Å². The number of carbonyl (C=O) groups excluding carboxylic acids is 1. The zero-order chi connectivity index (χ0) is 14.8. The molecule has 20 heavy (non-hydrogen) atoms. The Labute approximate surface area is 133 Å². The average Bonchev–Trinajstić information content (AvgIpc) is 2.33. The van der Waals surface area contributed by atoms with E-state index < -0.39 is 23.7 Å². The lowest BCUT2D eigenvalue weighted by molar-refractivity contribution is -0.174. The monoisotopic (exact) mass is 393 g/mol. The minimum Gasteiger partial charge on any atom is -0.506 e. The standard InChI is InChI=1S/C11H11BrClF2NO3.ClH/c1-2-19-10(18)11(14,15)9(16)6-3-5(12)4-7(13)8(6)17;/h3-4,9,17H,2,16H2,1H3;1H/t9-;/m1./s1. The predicted octanol–water partition coefficient (Wildman–Crippen LogP) is 3.43. The average molecular weight is 395 g/mol. The number of benzene rings is 1. The summed E-state index contributed by atoms with van der Waals surface area (Å²) in [5.74, 6) is -6.32. The Bertz CT molecular complexity index is 503. The van der Waals surface area contributed by atoms with E-state index in [4.69, 9.17) is 17.3 Å². The zero-order valence-electron chi connectivity index (χ0n) is 10.2. The number of phenolic OH excluding ortho intramolecular Hbond substituents is 1. The number of aromatic hydroxyl groups is 1. The third kappa shape index (κ3) is 3.94. The lowest BCUT2D eigenvalue weighted by Gasteiger charge is -2.23. The van der Waals surface area contributed by atoms with Gasteiger partial charge in [-0.05, 0) is 19.1 Å². The molecule has 4 nitrogen and oxygen atoms in total. The minimum absolute atomic E-state index is 0. The van der Waals surface area contributed by atoms with Gasteiger partial charge in [-0.2, -0.15) is 8.78 Å². The first-order valence-electron chi connectivity index (χ1n) is 5.20. The van der Waals surface area contributed by atoms with Gasteiger partial charge in [0.05, 0.1) is 11.6 Å². The van der Waals surface area contributed by atoms with E-state index in [1.165, 1.54) is 19.1 Å². The number of hydrogen-bond donors (Lipinski definition) is 2. The van der Waals surface area contributed by atoms with E-state index in [0.717, 1.165) is 0 Å². The van der Waals surface area contributed by atoms with Crippen LogP contribution in [0.1, 0.15) is 18.5 Å². The van der Waals surface area contributed by atoms with Crippen LogP contribution in [0.2, 0.25) is 5.02 Å². The molecule has 1 aromatic carbocycles. The quantitative estimate of drug-likeness (QED) is 0.767. The molecule has 1 rings (SSSR count). The molecule has 0 fully saturated rings. The van der Waals surface area contributed by atoms with Crippen molar-refractivity contribution in [2.75, 3.05) is 6.61 Å². The van der Waals surface area contributed by atoms with Crippen molar-refractivity contribution in [1.29, 1.82) is 0 Å². The summed E-state index contributed by atoms with van der Waals surface area (Å²) < 4.78 is 32.1. The van der Waals surface area contributed by atoms with Gasteiger partial charge in [-0.1, -0.05) is 27.5 Å². The Hall–Kier alpha value is -0.630. The van der Waals surface area contributed by atoms with Gasteiger partial charge in [0.1, 0.15) is 11.8 Å². The number of phenols is 1. The van der Waals surface area contributed by atoms with E-state index in [-0.39, 0.29) is 29.6 Å². The molecule has 1 aromatic rings. The third-order valence-electron chi connectivity index (χ3n) is 2.33. The van der Waals surface area contributed by atoms with E-state index in [1.807, 2.05) is 0 Å². The molecule has 0 aliphatic carbocycles. The molecule has 3 N–H and O–H groups in total. The maximum Gasteiger partial charge on any atom is 0.379 e. The Morgan fingerprint density at radius 2 is 2.15 bits per heavy atom.